The van der Waals surface area contributed by atoms with Gasteiger partial charge in [0.2, 0.25) is 5.91 Å². The molecule has 2 aliphatic rings. The van der Waals surface area contributed by atoms with Crippen LogP contribution in [0.3, 0.4) is 0 Å². The normalized spacial score (nSPS) is 24.0. The molecule has 1 aliphatic heterocycles. The molecule has 3 unspecified atom stereocenters. The molecule has 5 heteroatoms. The van der Waals surface area contributed by atoms with Gasteiger partial charge in [0.1, 0.15) is 17.3 Å². The average Bonchev–Trinajstić information content (AvgIpc) is 3.34. The fourth-order valence-electron chi connectivity index (χ4n) is 4.25. The molecule has 0 N–H and O–H groups in total. The summed E-state index contributed by atoms with van der Waals surface area (Å²) in [6, 6.07) is 12.4. The standard InChI is InChI=1S/C22H24FNO3/c1-26-14-9-10-21(27-2)18(12-14)20-8-5-11-24(20)22(25)17-13-16(17)15-6-3-4-7-19(15)23/h3-4,6-7,9-10,12,16-17,20H,5,8,11,13H2,1-2H3. The van der Waals surface area contributed by atoms with E-state index < -0.39 is 0 Å². The van der Waals surface area contributed by atoms with Crippen molar-refractivity contribution in [2.45, 2.75) is 31.2 Å². The second-order valence-corrected chi connectivity index (χ2v) is 7.27. The molecule has 1 saturated carbocycles. The summed E-state index contributed by atoms with van der Waals surface area (Å²) in [6.45, 7) is 0.727. The van der Waals surface area contributed by atoms with Crippen molar-refractivity contribution in [2.75, 3.05) is 20.8 Å². The number of ether oxygens (including phenoxy) is 2. The van der Waals surface area contributed by atoms with E-state index in [0.29, 0.717) is 5.56 Å². The van der Waals surface area contributed by atoms with Gasteiger partial charge in [0, 0.05) is 18.0 Å². The summed E-state index contributed by atoms with van der Waals surface area (Å²) in [4.78, 5) is 15.1. The number of methoxy groups -OCH3 is 2. The molecule has 1 amide bonds. The molecule has 0 spiro atoms. The van der Waals surface area contributed by atoms with E-state index >= 15 is 0 Å². The molecule has 1 heterocycles. The molecule has 27 heavy (non-hydrogen) atoms. The van der Waals surface area contributed by atoms with Gasteiger partial charge in [-0.05, 0) is 55.0 Å². The third-order valence-electron chi connectivity index (χ3n) is 5.74. The van der Waals surface area contributed by atoms with Gasteiger partial charge in [-0.25, -0.2) is 4.39 Å². The first-order chi connectivity index (χ1) is 13.1. The number of carbonyl (C=O) groups is 1. The Hall–Kier alpha value is -2.56. The van der Waals surface area contributed by atoms with Crippen LogP contribution in [0.5, 0.6) is 11.5 Å². The highest BCUT2D eigenvalue weighted by Gasteiger charge is 2.48. The zero-order valence-electron chi connectivity index (χ0n) is 15.7. The highest BCUT2D eigenvalue weighted by molar-refractivity contribution is 5.84. The van der Waals surface area contributed by atoms with Crippen molar-refractivity contribution in [1.29, 1.82) is 0 Å². The number of hydrogen-bond donors (Lipinski definition) is 0. The fraction of sp³-hybridized carbons (Fsp3) is 0.409. The van der Waals surface area contributed by atoms with E-state index in [2.05, 4.69) is 0 Å². The van der Waals surface area contributed by atoms with Gasteiger partial charge in [0.15, 0.2) is 0 Å². The third-order valence-corrected chi connectivity index (χ3v) is 5.74. The molecule has 1 saturated heterocycles. The predicted octanol–water partition coefficient (Wildman–Crippen LogP) is 4.31. The topological polar surface area (TPSA) is 38.8 Å². The van der Waals surface area contributed by atoms with E-state index in [0.717, 1.165) is 42.9 Å². The highest BCUT2D eigenvalue weighted by Crippen LogP contribution is 2.51. The summed E-state index contributed by atoms with van der Waals surface area (Å²) in [5.41, 5.74) is 1.64. The molecule has 0 aromatic heterocycles. The lowest BCUT2D eigenvalue weighted by molar-refractivity contribution is -0.133. The molecule has 3 atom stereocenters. The van der Waals surface area contributed by atoms with E-state index in [-0.39, 0.29) is 29.6 Å². The Morgan fingerprint density at radius 2 is 1.93 bits per heavy atom. The molecule has 4 nitrogen and oxygen atoms in total. The molecule has 4 rings (SSSR count). The number of amides is 1. The van der Waals surface area contributed by atoms with Crippen molar-refractivity contribution < 1.29 is 18.7 Å². The van der Waals surface area contributed by atoms with Crippen LogP contribution in [-0.2, 0) is 4.79 Å². The first kappa shape index (κ1) is 17.8. The summed E-state index contributed by atoms with van der Waals surface area (Å²) in [5, 5.41) is 0. The van der Waals surface area contributed by atoms with Gasteiger partial charge in [0.25, 0.3) is 0 Å². The Morgan fingerprint density at radius 3 is 2.67 bits per heavy atom. The Bertz CT molecular complexity index is 853. The summed E-state index contributed by atoms with van der Waals surface area (Å²) in [6.07, 6.45) is 2.57. The predicted molar refractivity (Wildman–Crippen MR) is 100 cm³/mol. The number of benzene rings is 2. The van der Waals surface area contributed by atoms with Crippen LogP contribution in [0.1, 0.15) is 42.3 Å². The largest absolute Gasteiger partial charge is 0.497 e. The molecule has 142 valence electrons. The maximum Gasteiger partial charge on any atom is 0.226 e. The van der Waals surface area contributed by atoms with E-state index in [1.807, 2.05) is 29.2 Å². The van der Waals surface area contributed by atoms with Crippen LogP contribution in [0.4, 0.5) is 4.39 Å². The van der Waals surface area contributed by atoms with Crippen molar-refractivity contribution in [3.05, 3.63) is 59.4 Å². The lowest BCUT2D eigenvalue weighted by atomic mass is 10.0. The highest BCUT2D eigenvalue weighted by atomic mass is 19.1. The third kappa shape index (κ3) is 3.27. The monoisotopic (exact) mass is 369 g/mol. The first-order valence-electron chi connectivity index (χ1n) is 9.41. The second-order valence-electron chi connectivity index (χ2n) is 7.27. The quantitative estimate of drug-likeness (QED) is 0.788. The molecular formula is C22H24FNO3. The van der Waals surface area contributed by atoms with E-state index in [9.17, 15) is 9.18 Å². The summed E-state index contributed by atoms with van der Waals surface area (Å²) < 4.78 is 24.9. The molecule has 1 aliphatic carbocycles. The number of rotatable bonds is 5. The zero-order valence-corrected chi connectivity index (χ0v) is 15.7. The van der Waals surface area contributed by atoms with Crippen LogP contribution in [0.15, 0.2) is 42.5 Å². The van der Waals surface area contributed by atoms with Gasteiger partial charge < -0.3 is 14.4 Å². The number of hydrogen-bond acceptors (Lipinski definition) is 3. The van der Waals surface area contributed by atoms with Crippen molar-refractivity contribution >= 4 is 5.91 Å². The lowest BCUT2D eigenvalue weighted by Crippen LogP contribution is -2.32. The number of halogens is 1. The number of carbonyl (C=O) groups excluding carboxylic acids is 1. The maximum absolute atomic E-state index is 14.1. The van der Waals surface area contributed by atoms with Crippen LogP contribution in [0.25, 0.3) is 0 Å². The SMILES string of the molecule is COc1ccc(OC)c(C2CCCN2C(=O)C2CC2c2ccccc2F)c1. The van der Waals surface area contributed by atoms with Crippen LogP contribution >= 0.6 is 0 Å². The number of likely N-dealkylation sites (tertiary alicyclic amines) is 1. The Kier molecular flexibility index (Phi) is 4.77. The summed E-state index contributed by atoms with van der Waals surface area (Å²) in [5.74, 6) is 1.29. The Labute approximate surface area is 158 Å². The van der Waals surface area contributed by atoms with Crippen molar-refractivity contribution in [3.63, 3.8) is 0 Å². The molecule has 2 aromatic carbocycles. The molecule has 2 fully saturated rings. The Balaban J connectivity index is 1.56. The van der Waals surface area contributed by atoms with Crippen molar-refractivity contribution in [3.8, 4) is 11.5 Å². The van der Waals surface area contributed by atoms with Crippen molar-refractivity contribution in [2.24, 2.45) is 5.92 Å². The van der Waals surface area contributed by atoms with Crippen LogP contribution in [-0.4, -0.2) is 31.6 Å². The summed E-state index contributed by atoms with van der Waals surface area (Å²) in [7, 11) is 3.27. The Morgan fingerprint density at radius 1 is 1.11 bits per heavy atom. The minimum absolute atomic E-state index is 0.00726. The summed E-state index contributed by atoms with van der Waals surface area (Å²) >= 11 is 0. The molecule has 2 aromatic rings. The van der Waals surface area contributed by atoms with Gasteiger partial charge in [0.05, 0.1) is 20.3 Å². The van der Waals surface area contributed by atoms with E-state index in [4.69, 9.17) is 9.47 Å². The minimum atomic E-state index is -0.217. The maximum atomic E-state index is 14.1. The van der Waals surface area contributed by atoms with E-state index in [1.54, 1.807) is 26.4 Å². The first-order valence-corrected chi connectivity index (χ1v) is 9.41. The van der Waals surface area contributed by atoms with Crippen LogP contribution in [0.2, 0.25) is 0 Å². The lowest BCUT2D eigenvalue weighted by Gasteiger charge is -2.27. The molecule has 0 bridgehead atoms. The van der Waals surface area contributed by atoms with Gasteiger partial charge >= 0.3 is 0 Å². The smallest absolute Gasteiger partial charge is 0.226 e. The van der Waals surface area contributed by atoms with Gasteiger partial charge in [-0.15, -0.1) is 0 Å². The fourth-order valence-corrected chi connectivity index (χ4v) is 4.25. The molecule has 0 radical (unpaired) electrons. The molecular weight excluding hydrogens is 345 g/mol. The average molecular weight is 369 g/mol. The van der Waals surface area contributed by atoms with E-state index in [1.165, 1.54) is 6.07 Å². The van der Waals surface area contributed by atoms with Crippen molar-refractivity contribution in [1.82, 2.24) is 4.90 Å². The second kappa shape index (κ2) is 7.22. The van der Waals surface area contributed by atoms with Crippen LogP contribution in [0, 0.1) is 11.7 Å². The van der Waals surface area contributed by atoms with Gasteiger partial charge in [-0.3, -0.25) is 4.79 Å². The van der Waals surface area contributed by atoms with Gasteiger partial charge in [-0.1, -0.05) is 18.2 Å². The van der Waals surface area contributed by atoms with Gasteiger partial charge in [-0.2, -0.15) is 0 Å². The number of nitrogens with zero attached hydrogens (tertiary/aromatic N) is 1. The van der Waals surface area contributed by atoms with Crippen LogP contribution < -0.4 is 9.47 Å². The zero-order chi connectivity index (χ0) is 19.0. The minimum Gasteiger partial charge on any atom is -0.497 e.